The minimum Gasteiger partial charge on any atom is -0.503 e. The van der Waals surface area contributed by atoms with Crippen LogP contribution in [0.15, 0.2) is 12.1 Å². The number of anilines is 1. The summed E-state index contributed by atoms with van der Waals surface area (Å²) >= 11 is 0. The summed E-state index contributed by atoms with van der Waals surface area (Å²) < 4.78 is 89.8. The van der Waals surface area contributed by atoms with E-state index in [2.05, 4.69) is 10.1 Å². The molecule has 1 saturated heterocycles. The zero-order valence-corrected chi connectivity index (χ0v) is 16.6. The first kappa shape index (κ1) is 20.9. The lowest BCUT2D eigenvalue weighted by Crippen LogP contribution is -2.48. The fourth-order valence-corrected chi connectivity index (χ4v) is 4.15. The third kappa shape index (κ3) is 2.99. The lowest BCUT2D eigenvalue weighted by molar-refractivity contribution is -0.140. The van der Waals surface area contributed by atoms with Gasteiger partial charge < -0.3 is 14.7 Å². The Labute approximate surface area is 177 Å². The lowest BCUT2D eigenvalue weighted by Gasteiger charge is -2.37. The van der Waals surface area contributed by atoms with Crippen molar-refractivity contribution in [2.75, 3.05) is 24.7 Å². The summed E-state index contributed by atoms with van der Waals surface area (Å²) in [5.74, 6) is -6.27. The molecule has 1 aliphatic carbocycles. The van der Waals surface area contributed by atoms with Gasteiger partial charge in [-0.1, -0.05) is 0 Å². The zero-order valence-electron chi connectivity index (χ0n) is 16.6. The number of aryl methyl sites for hydroxylation is 1. The average molecular weight is 458 g/mol. The molecule has 0 atom stereocenters. The lowest BCUT2D eigenvalue weighted by atomic mass is 10.0. The summed E-state index contributed by atoms with van der Waals surface area (Å²) in [6.45, 7) is 1.23. The normalized spacial score (nSPS) is 18.0. The van der Waals surface area contributed by atoms with Crippen molar-refractivity contribution in [3.8, 4) is 17.0 Å². The summed E-state index contributed by atoms with van der Waals surface area (Å²) in [6, 6.07) is 1.22. The van der Waals surface area contributed by atoms with Crippen LogP contribution in [-0.2, 0) is 18.0 Å². The van der Waals surface area contributed by atoms with Gasteiger partial charge in [0.1, 0.15) is 5.69 Å². The number of phenolic OH excluding ortho intramolecular Hbond substituents is 1. The van der Waals surface area contributed by atoms with Crippen LogP contribution in [0.4, 0.5) is 32.2 Å². The van der Waals surface area contributed by atoms with Crippen LogP contribution in [-0.4, -0.2) is 45.2 Å². The van der Waals surface area contributed by atoms with Crippen molar-refractivity contribution in [2.24, 2.45) is 7.05 Å². The molecular weight excluding hydrogens is 442 g/mol. The number of benzene rings is 1. The first-order valence-corrected chi connectivity index (χ1v) is 9.71. The highest BCUT2D eigenvalue weighted by molar-refractivity contribution is 5.93. The molecule has 0 radical (unpaired) electrons. The number of phenols is 1. The van der Waals surface area contributed by atoms with E-state index in [9.17, 15) is 27.1 Å². The smallest absolute Gasteiger partial charge is 0.419 e. The molecule has 1 N–H and O–H groups in total. The van der Waals surface area contributed by atoms with E-state index in [1.54, 1.807) is 0 Å². The standard InChI is InChI=1S/C20H16F6N4O2/c1-29-17-10(7-12(21)18(27-17)30-4-5-32-8-19(30)2-3-19)15(28-29)9-6-11(20(24,25)26)14(23)16(31)13(9)22/h6-7,31H,2-5,8H2,1H3. The first-order chi connectivity index (χ1) is 15.0. The molecule has 2 aromatic heterocycles. The van der Waals surface area contributed by atoms with Gasteiger partial charge in [0, 0.05) is 19.2 Å². The van der Waals surface area contributed by atoms with Gasteiger partial charge in [0.25, 0.3) is 0 Å². The fourth-order valence-electron chi connectivity index (χ4n) is 4.15. The van der Waals surface area contributed by atoms with E-state index in [1.165, 1.54) is 11.7 Å². The summed E-state index contributed by atoms with van der Waals surface area (Å²) in [6.07, 6.45) is -3.58. The molecule has 6 nitrogen and oxygen atoms in total. The van der Waals surface area contributed by atoms with Gasteiger partial charge in [-0.05, 0) is 25.0 Å². The van der Waals surface area contributed by atoms with E-state index in [0.717, 1.165) is 18.9 Å². The Morgan fingerprint density at radius 3 is 2.50 bits per heavy atom. The molecule has 32 heavy (non-hydrogen) atoms. The minimum atomic E-state index is -5.19. The number of fused-ring (bicyclic) bond motifs is 1. The average Bonchev–Trinajstić information content (AvgIpc) is 3.42. The molecule has 0 bridgehead atoms. The zero-order chi connectivity index (χ0) is 23.0. The number of ether oxygens (including phenoxy) is 1. The number of morpholine rings is 1. The van der Waals surface area contributed by atoms with Crippen LogP contribution in [0.1, 0.15) is 18.4 Å². The van der Waals surface area contributed by atoms with Gasteiger partial charge in [-0.2, -0.15) is 18.3 Å². The third-order valence-electron chi connectivity index (χ3n) is 5.97. The molecule has 3 heterocycles. The number of alkyl halides is 3. The molecule has 1 saturated carbocycles. The van der Waals surface area contributed by atoms with E-state index in [-0.39, 0.29) is 28.5 Å². The minimum absolute atomic E-state index is 0.0475. The maximum Gasteiger partial charge on any atom is 0.419 e. The molecule has 5 rings (SSSR count). The van der Waals surface area contributed by atoms with Crippen LogP contribution >= 0.6 is 0 Å². The summed E-state index contributed by atoms with van der Waals surface area (Å²) in [5.41, 5.74) is -3.32. The summed E-state index contributed by atoms with van der Waals surface area (Å²) in [4.78, 5) is 6.14. The molecule has 2 aliphatic rings. The number of rotatable bonds is 2. The molecule has 12 heteroatoms. The highest BCUT2D eigenvalue weighted by atomic mass is 19.4. The molecule has 0 unspecified atom stereocenters. The van der Waals surface area contributed by atoms with Crippen molar-refractivity contribution in [3.63, 3.8) is 0 Å². The monoisotopic (exact) mass is 458 g/mol. The second-order valence-electron chi connectivity index (χ2n) is 8.01. The van der Waals surface area contributed by atoms with Gasteiger partial charge in [-0.15, -0.1) is 0 Å². The van der Waals surface area contributed by atoms with Gasteiger partial charge in [0.2, 0.25) is 0 Å². The van der Waals surface area contributed by atoms with Crippen molar-refractivity contribution < 1.29 is 36.2 Å². The van der Waals surface area contributed by atoms with E-state index in [4.69, 9.17) is 4.74 Å². The van der Waals surface area contributed by atoms with Crippen molar-refractivity contribution in [3.05, 3.63) is 35.1 Å². The van der Waals surface area contributed by atoms with E-state index in [1.807, 2.05) is 4.90 Å². The third-order valence-corrected chi connectivity index (χ3v) is 5.97. The van der Waals surface area contributed by atoms with E-state index >= 15 is 4.39 Å². The first-order valence-electron chi connectivity index (χ1n) is 9.71. The highest BCUT2D eigenvalue weighted by Gasteiger charge is 2.51. The number of hydrogen-bond donors (Lipinski definition) is 1. The molecule has 1 aliphatic heterocycles. The molecule has 0 amide bonds. The van der Waals surface area contributed by atoms with Crippen LogP contribution in [0.5, 0.6) is 5.75 Å². The summed E-state index contributed by atoms with van der Waals surface area (Å²) in [7, 11) is 1.42. The number of nitrogens with zero attached hydrogens (tertiary/aromatic N) is 4. The Morgan fingerprint density at radius 1 is 1.12 bits per heavy atom. The highest BCUT2D eigenvalue weighted by Crippen LogP contribution is 2.47. The molecule has 2 fully saturated rings. The molecule has 1 aromatic carbocycles. The Morgan fingerprint density at radius 2 is 1.84 bits per heavy atom. The quantitative estimate of drug-likeness (QED) is 0.585. The topological polar surface area (TPSA) is 63.4 Å². The van der Waals surface area contributed by atoms with Crippen LogP contribution in [0.3, 0.4) is 0 Å². The van der Waals surface area contributed by atoms with E-state index < -0.39 is 46.2 Å². The summed E-state index contributed by atoms with van der Waals surface area (Å²) in [5, 5.41) is 13.5. The molecular formula is C20H16F6N4O2. The van der Waals surface area contributed by atoms with Gasteiger partial charge in [0.15, 0.2) is 34.7 Å². The SMILES string of the molecule is Cn1nc(-c2cc(C(F)(F)F)c(F)c(O)c2F)c2cc(F)c(N3CCOCC34CC4)nc21. The van der Waals surface area contributed by atoms with Crippen LogP contribution in [0, 0.1) is 17.5 Å². The Bertz CT molecular complexity index is 1250. The van der Waals surface area contributed by atoms with Crippen LogP contribution in [0.25, 0.3) is 22.3 Å². The van der Waals surface area contributed by atoms with E-state index in [0.29, 0.717) is 19.8 Å². The number of hydrogen-bond acceptors (Lipinski definition) is 5. The molecule has 1 spiro atoms. The molecule has 3 aromatic rings. The van der Waals surface area contributed by atoms with Gasteiger partial charge >= 0.3 is 6.18 Å². The van der Waals surface area contributed by atoms with Crippen LogP contribution in [0.2, 0.25) is 0 Å². The van der Waals surface area contributed by atoms with Crippen molar-refractivity contribution in [1.29, 1.82) is 0 Å². The maximum absolute atomic E-state index is 15.1. The molecule has 170 valence electrons. The Balaban J connectivity index is 1.69. The number of halogens is 6. The van der Waals surface area contributed by atoms with Crippen molar-refractivity contribution in [2.45, 2.75) is 24.6 Å². The number of aromatic nitrogens is 3. The second-order valence-corrected chi connectivity index (χ2v) is 8.01. The predicted octanol–water partition coefficient (Wildman–Crippen LogP) is 4.15. The number of pyridine rings is 1. The Hall–Kier alpha value is -3.02. The second kappa shape index (κ2) is 6.74. The van der Waals surface area contributed by atoms with Crippen molar-refractivity contribution >= 4 is 16.9 Å². The van der Waals surface area contributed by atoms with Crippen molar-refractivity contribution in [1.82, 2.24) is 14.8 Å². The van der Waals surface area contributed by atoms with Gasteiger partial charge in [0.05, 0.1) is 29.7 Å². The van der Waals surface area contributed by atoms with Gasteiger partial charge in [-0.25, -0.2) is 22.8 Å². The van der Waals surface area contributed by atoms with Gasteiger partial charge in [-0.3, -0.25) is 0 Å². The fraction of sp³-hybridized carbons (Fsp3) is 0.400. The van der Waals surface area contributed by atoms with Crippen LogP contribution < -0.4 is 4.90 Å². The number of aromatic hydroxyl groups is 1. The predicted molar refractivity (Wildman–Crippen MR) is 101 cm³/mol. The largest absolute Gasteiger partial charge is 0.503 e. The Kier molecular flexibility index (Phi) is 4.39. The maximum atomic E-state index is 15.1.